The van der Waals surface area contributed by atoms with Crippen LogP contribution >= 0.6 is 24.0 Å². The first-order valence-corrected chi connectivity index (χ1v) is 8.82. The summed E-state index contributed by atoms with van der Waals surface area (Å²) < 4.78 is 1.93. The molecule has 5 nitrogen and oxygen atoms in total. The number of nitrogens with one attached hydrogen (secondary N) is 2. The molecule has 0 fully saturated rings. The lowest BCUT2D eigenvalue weighted by molar-refractivity contribution is 0.669. The Morgan fingerprint density at radius 1 is 1.04 bits per heavy atom. The maximum atomic E-state index is 4.35. The molecule has 6 heteroatoms. The van der Waals surface area contributed by atoms with E-state index in [-0.39, 0.29) is 30.0 Å². The number of guanidine groups is 1. The van der Waals surface area contributed by atoms with Gasteiger partial charge in [0.25, 0.3) is 0 Å². The number of aromatic nitrogens is 2. The molecule has 3 aromatic rings. The average Bonchev–Trinajstić information content (AvgIpc) is 3.20. The summed E-state index contributed by atoms with van der Waals surface area (Å²) in [5.74, 6) is 0.787. The predicted molar refractivity (Wildman–Crippen MR) is 121 cm³/mol. The topological polar surface area (TPSA) is 54.2 Å². The molecule has 0 aliphatic rings. The van der Waals surface area contributed by atoms with Gasteiger partial charge in [-0.05, 0) is 29.7 Å². The lowest BCUT2D eigenvalue weighted by Gasteiger charge is -2.19. The second-order valence-electron chi connectivity index (χ2n) is 6.17. The van der Waals surface area contributed by atoms with Gasteiger partial charge in [-0.3, -0.25) is 9.67 Å². The van der Waals surface area contributed by atoms with Gasteiger partial charge in [0.2, 0.25) is 0 Å². The molecule has 0 saturated carbocycles. The summed E-state index contributed by atoms with van der Waals surface area (Å²) in [5, 5.41) is 11.2. The molecule has 0 saturated heterocycles. The van der Waals surface area contributed by atoms with Crippen LogP contribution in [-0.2, 0) is 13.1 Å². The van der Waals surface area contributed by atoms with Gasteiger partial charge in [-0.15, -0.1) is 24.0 Å². The third-order valence-electron chi connectivity index (χ3n) is 4.33. The van der Waals surface area contributed by atoms with E-state index in [0.717, 1.165) is 12.5 Å². The molecule has 1 atom stereocenters. The molecule has 2 N–H and O–H groups in total. The second kappa shape index (κ2) is 10.7. The fourth-order valence-corrected chi connectivity index (χ4v) is 2.86. The minimum Gasteiger partial charge on any atom is -0.352 e. The molecule has 3 rings (SSSR count). The zero-order chi connectivity index (χ0) is 18.2. The van der Waals surface area contributed by atoms with E-state index in [1.165, 1.54) is 16.7 Å². The van der Waals surface area contributed by atoms with Gasteiger partial charge in [0, 0.05) is 26.0 Å². The standard InChI is InChI=1S/C21H25N5.HI/c1-17(18-9-4-3-5-10-18)25-21(22-2)23-15-19-11-6-7-12-20(19)16-26-14-8-13-24-26;/h3-14,17H,15-16H2,1-2H3,(H2,22,23,25);1H. The third kappa shape index (κ3) is 6.09. The van der Waals surface area contributed by atoms with E-state index in [1.54, 1.807) is 13.2 Å². The summed E-state index contributed by atoms with van der Waals surface area (Å²) in [6.07, 6.45) is 3.78. The lowest BCUT2D eigenvalue weighted by Crippen LogP contribution is -2.38. The quantitative estimate of drug-likeness (QED) is 0.322. The van der Waals surface area contributed by atoms with Gasteiger partial charge in [0.05, 0.1) is 12.6 Å². The van der Waals surface area contributed by atoms with Crippen molar-refractivity contribution in [3.05, 3.63) is 89.7 Å². The summed E-state index contributed by atoms with van der Waals surface area (Å²) in [5.41, 5.74) is 3.71. The van der Waals surface area contributed by atoms with Crippen LogP contribution in [0.25, 0.3) is 0 Å². The summed E-state index contributed by atoms with van der Waals surface area (Å²) in [7, 11) is 1.79. The first-order chi connectivity index (χ1) is 12.8. The van der Waals surface area contributed by atoms with Crippen molar-refractivity contribution in [1.82, 2.24) is 20.4 Å². The first-order valence-electron chi connectivity index (χ1n) is 8.82. The number of hydrogen-bond acceptors (Lipinski definition) is 2. The van der Waals surface area contributed by atoms with E-state index >= 15 is 0 Å². The van der Waals surface area contributed by atoms with Gasteiger partial charge in [0.1, 0.15) is 0 Å². The molecule has 1 aromatic heterocycles. The Morgan fingerprint density at radius 2 is 1.74 bits per heavy atom. The van der Waals surface area contributed by atoms with Crippen LogP contribution < -0.4 is 10.6 Å². The molecule has 1 heterocycles. The Kier molecular flexibility index (Phi) is 8.32. The van der Waals surface area contributed by atoms with E-state index in [9.17, 15) is 0 Å². The molecule has 0 aliphatic heterocycles. The van der Waals surface area contributed by atoms with Crippen LogP contribution in [0.15, 0.2) is 78.0 Å². The molecule has 2 aromatic carbocycles. The van der Waals surface area contributed by atoms with E-state index in [0.29, 0.717) is 6.54 Å². The summed E-state index contributed by atoms with van der Waals surface area (Å²) in [4.78, 5) is 4.35. The van der Waals surface area contributed by atoms with Crippen molar-refractivity contribution in [3.63, 3.8) is 0 Å². The number of hydrogen-bond donors (Lipinski definition) is 2. The fraction of sp³-hybridized carbons (Fsp3) is 0.238. The van der Waals surface area contributed by atoms with Gasteiger partial charge in [-0.25, -0.2) is 0 Å². The van der Waals surface area contributed by atoms with E-state index in [4.69, 9.17) is 0 Å². The Bertz CT molecular complexity index is 831. The van der Waals surface area contributed by atoms with Gasteiger partial charge in [0.15, 0.2) is 5.96 Å². The van der Waals surface area contributed by atoms with E-state index in [2.05, 4.69) is 76.2 Å². The van der Waals surface area contributed by atoms with Crippen molar-refractivity contribution < 1.29 is 0 Å². The summed E-state index contributed by atoms with van der Waals surface area (Å²) >= 11 is 0. The summed E-state index contributed by atoms with van der Waals surface area (Å²) in [6.45, 7) is 3.60. The van der Waals surface area contributed by atoms with Gasteiger partial charge in [-0.2, -0.15) is 5.10 Å². The molecule has 142 valence electrons. The van der Waals surface area contributed by atoms with Crippen molar-refractivity contribution in [2.24, 2.45) is 4.99 Å². The highest BCUT2D eigenvalue weighted by Crippen LogP contribution is 2.12. The number of halogens is 1. The molecule has 0 bridgehead atoms. The molecule has 0 spiro atoms. The lowest BCUT2D eigenvalue weighted by atomic mass is 10.1. The average molecular weight is 475 g/mol. The minimum atomic E-state index is 0. The van der Waals surface area contributed by atoms with E-state index in [1.807, 2.05) is 23.0 Å². The smallest absolute Gasteiger partial charge is 0.191 e. The highest BCUT2D eigenvalue weighted by molar-refractivity contribution is 14.0. The Labute approximate surface area is 177 Å². The largest absolute Gasteiger partial charge is 0.352 e. The maximum Gasteiger partial charge on any atom is 0.191 e. The zero-order valence-corrected chi connectivity index (χ0v) is 18.0. The molecular formula is C21H26IN5. The van der Waals surface area contributed by atoms with Gasteiger partial charge < -0.3 is 10.6 Å². The van der Waals surface area contributed by atoms with Crippen LogP contribution in [0.5, 0.6) is 0 Å². The van der Waals surface area contributed by atoms with Crippen LogP contribution in [0.2, 0.25) is 0 Å². The zero-order valence-electron chi connectivity index (χ0n) is 15.7. The Balaban J connectivity index is 0.00000261. The van der Waals surface area contributed by atoms with Gasteiger partial charge >= 0.3 is 0 Å². The second-order valence-corrected chi connectivity index (χ2v) is 6.17. The first kappa shape index (κ1) is 21.0. The number of rotatable bonds is 6. The molecule has 0 radical (unpaired) electrons. The number of aliphatic imine (C=N–C) groups is 1. The highest BCUT2D eigenvalue weighted by atomic mass is 127. The van der Waals surface area contributed by atoms with Crippen LogP contribution in [0.3, 0.4) is 0 Å². The number of benzene rings is 2. The molecular weight excluding hydrogens is 449 g/mol. The Hall–Kier alpha value is -2.35. The molecule has 0 aliphatic carbocycles. The summed E-state index contributed by atoms with van der Waals surface area (Å²) in [6, 6.07) is 20.9. The molecule has 27 heavy (non-hydrogen) atoms. The molecule has 1 unspecified atom stereocenters. The van der Waals surface area contributed by atoms with Crippen molar-refractivity contribution in [3.8, 4) is 0 Å². The van der Waals surface area contributed by atoms with Crippen molar-refractivity contribution in [2.45, 2.75) is 26.1 Å². The van der Waals surface area contributed by atoms with Crippen LogP contribution in [0, 0.1) is 0 Å². The fourth-order valence-electron chi connectivity index (χ4n) is 2.86. The normalized spacial score (nSPS) is 12.1. The highest BCUT2D eigenvalue weighted by Gasteiger charge is 2.08. The van der Waals surface area contributed by atoms with Crippen LogP contribution in [0.1, 0.15) is 29.7 Å². The van der Waals surface area contributed by atoms with Crippen molar-refractivity contribution >= 4 is 29.9 Å². The number of nitrogens with zero attached hydrogens (tertiary/aromatic N) is 3. The third-order valence-corrected chi connectivity index (χ3v) is 4.33. The van der Waals surface area contributed by atoms with Crippen molar-refractivity contribution in [2.75, 3.05) is 7.05 Å². The van der Waals surface area contributed by atoms with E-state index < -0.39 is 0 Å². The Morgan fingerprint density at radius 3 is 2.41 bits per heavy atom. The monoisotopic (exact) mass is 475 g/mol. The van der Waals surface area contributed by atoms with Gasteiger partial charge in [-0.1, -0.05) is 54.6 Å². The van der Waals surface area contributed by atoms with Crippen molar-refractivity contribution in [1.29, 1.82) is 0 Å². The SMILES string of the molecule is CN=C(NCc1ccccc1Cn1cccn1)NC(C)c1ccccc1.I. The minimum absolute atomic E-state index is 0. The molecule has 0 amide bonds. The maximum absolute atomic E-state index is 4.35. The van der Waals surface area contributed by atoms with Crippen LogP contribution in [0.4, 0.5) is 0 Å². The predicted octanol–water partition coefficient (Wildman–Crippen LogP) is 3.98. The van der Waals surface area contributed by atoms with Crippen LogP contribution in [-0.4, -0.2) is 22.8 Å².